The van der Waals surface area contributed by atoms with E-state index in [1.165, 1.54) is 31.2 Å². The fourth-order valence-corrected chi connectivity index (χ4v) is 2.61. The quantitative estimate of drug-likeness (QED) is 0.481. The molecule has 0 aromatic heterocycles. The van der Waals surface area contributed by atoms with Crippen molar-refractivity contribution in [3.8, 4) is 0 Å². The molecule has 2 N–H and O–H groups in total. The number of hydrogen-bond donors (Lipinski definition) is 1. The van der Waals surface area contributed by atoms with E-state index < -0.39 is 0 Å². The van der Waals surface area contributed by atoms with Crippen molar-refractivity contribution in [2.45, 2.75) is 38.1 Å². The maximum atomic E-state index is 6.06. The third-order valence-electron chi connectivity index (χ3n) is 4.41. The molecule has 2 aliphatic carbocycles. The maximum Gasteiger partial charge on any atom is 0.191 e. The molecule has 0 radical (unpaired) electrons. The van der Waals surface area contributed by atoms with E-state index in [4.69, 9.17) is 5.73 Å². The second-order valence-corrected chi connectivity index (χ2v) is 6.18. The second-order valence-electron chi connectivity index (χ2n) is 6.18. The summed E-state index contributed by atoms with van der Waals surface area (Å²) in [7, 11) is 2.06. The molecule has 0 amide bonds. The minimum atomic E-state index is 0. The Morgan fingerprint density at radius 2 is 1.95 bits per heavy atom. The average Bonchev–Trinajstić information content (AvgIpc) is 3.32. The Morgan fingerprint density at radius 1 is 1.30 bits per heavy atom. The Balaban J connectivity index is 0.00000147. The molecule has 0 atom stereocenters. The van der Waals surface area contributed by atoms with Gasteiger partial charge in [-0.15, -0.1) is 24.0 Å². The predicted molar refractivity (Wildman–Crippen MR) is 94.5 cm³/mol. The van der Waals surface area contributed by atoms with E-state index in [0.29, 0.717) is 11.5 Å². The largest absolute Gasteiger partial charge is 0.370 e. The average molecular weight is 385 g/mol. The van der Waals surface area contributed by atoms with Crippen molar-refractivity contribution in [1.29, 1.82) is 0 Å². The van der Waals surface area contributed by atoms with Gasteiger partial charge in [0.05, 0.1) is 0 Å². The van der Waals surface area contributed by atoms with Gasteiger partial charge in [0.15, 0.2) is 5.96 Å². The number of nitrogens with two attached hydrogens (primary N) is 1. The summed E-state index contributed by atoms with van der Waals surface area (Å²) in [4.78, 5) is 6.77. The fourth-order valence-electron chi connectivity index (χ4n) is 2.61. The highest BCUT2D eigenvalue weighted by Crippen LogP contribution is 2.48. The van der Waals surface area contributed by atoms with Gasteiger partial charge in [-0.2, -0.15) is 0 Å². The molecule has 110 valence electrons. The Morgan fingerprint density at radius 3 is 2.50 bits per heavy atom. The summed E-state index contributed by atoms with van der Waals surface area (Å²) < 4.78 is 0. The normalized spacial score (nSPS) is 20.1. The highest BCUT2D eigenvalue weighted by Gasteiger charge is 2.42. The van der Waals surface area contributed by atoms with Crippen LogP contribution in [0.15, 0.2) is 35.3 Å². The first-order chi connectivity index (χ1) is 9.19. The summed E-state index contributed by atoms with van der Waals surface area (Å²) in [5, 5.41) is 0. The molecule has 0 aliphatic heterocycles. The van der Waals surface area contributed by atoms with Crippen LogP contribution in [0.25, 0.3) is 0 Å². The van der Waals surface area contributed by atoms with Crippen LogP contribution in [0.5, 0.6) is 0 Å². The minimum absolute atomic E-state index is 0. The lowest BCUT2D eigenvalue weighted by Crippen LogP contribution is -2.36. The van der Waals surface area contributed by atoms with Crippen LogP contribution in [0.4, 0.5) is 0 Å². The number of hydrogen-bond acceptors (Lipinski definition) is 1. The fraction of sp³-hybridized carbons (Fsp3) is 0.562. The summed E-state index contributed by atoms with van der Waals surface area (Å²) in [6.07, 6.45) is 6.24. The van der Waals surface area contributed by atoms with Crippen molar-refractivity contribution in [2.24, 2.45) is 16.1 Å². The van der Waals surface area contributed by atoms with Crippen LogP contribution < -0.4 is 5.73 Å². The van der Waals surface area contributed by atoms with E-state index in [-0.39, 0.29) is 24.0 Å². The van der Waals surface area contributed by atoms with Crippen molar-refractivity contribution in [3.05, 3.63) is 35.9 Å². The number of aliphatic imine (C=N–C) groups is 1. The third-order valence-corrected chi connectivity index (χ3v) is 4.41. The minimum Gasteiger partial charge on any atom is -0.370 e. The van der Waals surface area contributed by atoms with Crippen LogP contribution in [0, 0.1) is 5.41 Å². The third kappa shape index (κ3) is 3.87. The lowest BCUT2D eigenvalue weighted by atomic mass is 9.97. The van der Waals surface area contributed by atoms with Crippen LogP contribution in [0.3, 0.4) is 0 Å². The van der Waals surface area contributed by atoms with E-state index in [1.54, 1.807) is 0 Å². The van der Waals surface area contributed by atoms with E-state index in [0.717, 1.165) is 18.9 Å². The lowest BCUT2D eigenvalue weighted by Gasteiger charge is -2.19. The first kappa shape index (κ1) is 15.6. The van der Waals surface area contributed by atoms with Crippen LogP contribution in [0.2, 0.25) is 0 Å². The molecule has 3 rings (SSSR count). The molecule has 2 aliphatic rings. The highest BCUT2D eigenvalue weighted by molar-refractivity contribution is 14.0. The van der Waals surface area contributed by atoms with Gasteiger partial charge < -0.3 is 10.6 Å². The summed E-state index contributed by atoms with van der Waals surface area (Å²) in [6, 6.07) is 11.4. The van der Waals surface area contributed by atoms with E-state index in [2.05, 4.69) is 47.3 Å². The Kier molecular flexibility index (Phi) is 4.94. The van der Waals surface area contributed by atoms with Crippen LogP contribution >= 0.6 is 24.0 Å². The molecule has 4 heteroatoms. The highest BCUT2D eigenvalue weighted by atomic mass is 127. The topological polar surface area (TPSA) is 41.6 Å². The van der Waals surface area contributed by atoms with Crippen molar-refractivity contribution < 1.29 is 0 Å². The SMILES string of the molecule is CN(C(N)=NCC1(Cc2ccccc2)CC1)C1CC1.I. The predicted octanol–water partition coefficient (Wildman–Crippen LogP) is 3.04. The van der Waals surface area contributed by atoms with Crippen molar-refractivity contribution >= 4 is 29.9 Å². The van der Waals surface area contributed by atoms with Gasteiger partial charge in [0.25, 0.3) is 0 Å². The van der Waals surface area contributed by atoms with Gasteiger partial charge >= 0.3 is 0 Å². The first-order valence-corrected chi connectivity index (χ1v) is 7.25. The van der Waals surface area contributed by atoms with Crippen molar-refractivity contribution in [2.75, 3.05) is 13.6 Å². The molecule has 0 unspecified atom stereocenters. The Labute approximate surface area is 138 Å². The molecular formula is C16H24IN3. The second kappa shape index (κ2) is 6.33. The number of guanidine groups is 1. The monoisotopic (exact) mass is 385 g/mol. The smallest absolute Gasteiger partial charge is 0.191 e. The molecule has 3 nitrogen and oxygen atoms in total. The molecule has 0 heterocycles. The van der Waals surface area contributed by atoms with Gasteiger partial charge in [0, 0.05) is 19.6 Å². The van der Waals surface area contributed by atoms with Gasteiger partial charge in [-0.05, 0) is 43.1 Å². The lowest BCUT2D eigenvalue weighted by molar-refractivity contribution is 0.473. The summed E-state index contributed by atoms with van der Waals surface area (Å²) in [6.45, 7) is 0.880. The van der Waals surface area contributed by atoms with Gasteiger partial charge in [0.1, 0.15) is 0 Å². The first-order valence-electron chi connectivity index (χ1n) is 7.25. The van der Waals surface area contributed by atoms with Crippen molar-refractivity contribution in [1.82, 2.24) is 4.90 Å². The van der Waals surface area contributed by atoms with Crippen LogP contribution in [-0.4, -0.2) is 30.5 Å². The molecular weight excluding hydrogens is 361 g/mol. The maximum absolute atomic E-state index is 6.06. The molecule has 2 saturated carbocycles. The van der Waals surface area contributed by atoms with Crippen LogP contribution in [0.1, 0.15) is 31.2 Å². The van der Waals surface area contributed by atoms with Crippen molar-refractivity contribution in [3.63, 3.8) is 0 Å². The molecule has 1 aromatic rings. The van der Waals surface area contributed by atoms with Gasteiger partial charge in [-0.1, -0.05) is 30.3 Å². The Bertz CT molecular complexity index is 464. The van der Waals surface area contributed by atoms with Gasteiger partial charge in [-0.25, -0.2) is 0 Å². The molecule has 0 bridgehead atoms. The number of halogens is 1. The molecule has 2 fully saturated rings. The molecule has 0 saturated heterocycles. The summed E-state index contributed by atoms with van der Waals surface area (Å²) in [5.41, 5.74) is 7.87. The van der Waals surface area contributed by atoms with E-state index in [9.17, 15) is 0 Å². The molecule has 1 aromatic carbocycles. The van der Waals surface area contributed by atoms with Crippen LogP contribution in [-0.2, 0) is 6.42 Å². The zero-order valence-electron chi connectivity index (χ0n) is 12.1. The Hall–Kier alpha value is -0.780. The zero-order chi connectivity index (χ0) is 13.3. The van der Waals surface area contributed by atoms with Gasteiger partial charge in [0.2, 0.25) is 0 Å². The number of nitrogens with zero attached hydrogens (tertiary/aromatic N) is 2. The molecule has 20 heavy (non-hydrogen) atoms. The summed E-state index contributed by atoms with van der Waals surface area (Å²) in [5.74, 6) is 0.724. The van der Waals surface area contributed by atoms with E-state index >= 15 is 0 Å². The van der Waals surface area contributed by atoms with Gasteiger partial charge in [-0.3, -0.25) is 4.99 Å². The standard InChI is InChI=1S/C16H23N3.HI/c1-19(14-7-8-14)15(17)18-12-16(9-10-16)11-13-5-3-2-4-6-13;/h2-6,14H,7-12H2,1H3,(H2,17,18);1H. The number of rotatable bonds is 5. The summed E-state index contributed by atoms with van der Waals surface area (Å²) >= 11 is 0. The van der Waals surface area contributed by atoms with E-state index in [1.807, 2.05) is 0 Å². The zero-order valence-corrected chi connectivity index (χ0v) is 14.4. The number of benzene rings is 1. The molecule has 0 spiro atoms.